The molecule has 112 valence electrons. The molecule has 20 heavy (non-hydrogen) atoms. The molecular weight excluding hydrogens is 254 g/mol. The minimum atomic E-state index is -0.355. The van der Waals surface area contributed by atoms with E-state index in [1.807, 2.05) is 0 Å². The maximum atomic E-state index is 5.90. The number of nitrogens with one attached hydrogen (secondary N) is 1. The zero-order valence-corrected chi connectivity index (χ0v) is 12.5. The molecule has 5 nitrogen and oxygen atoms in total. The van der Waals surface area contributed by atoms with E-state index in [2.05, 4.69) is 29.3 Å². The first-order valence-electron chi connectivity index (χ1n) is 7.94. The van der Waals surface area contributed by atoms with Gasteiger partial charge in [0.1, 0.15) is 5.60 Å². The third kappa shape index (κ3) is 2.61. The van der Waals surface area contributed by atoms with Gasteiger partial charge in [-0.15, -0.1) is 0 Å². The van der Waals surface area contributed by atoms with E-state index in [1.165, 1.54) is 19.3 Å². The standard InChI is InChI=1S/C15H25N3O2/c1-3-16-12-8-6-7-11(12)13-17-14(18-20-13)15(2)9-4-5-10-19-15/h11-12,16H,3-10H2,1-2H3. The Hall–Kier alpha value is -0.940. The summed E-state index contributed by atoms with van der Waals surface area (Å²) in [6.07, 6.45) is 6.84. The van der Waals surface area contributed by atoms with Gasteiger partial charge in [0.05, 0.1) is 5.92 Å². The van der Waals surface area contributed by atoms with Crippen LogP contribution in [0.15, 0.2) is 4.52 Å². The number of likely N-dealkylation sites (N-methyl/N-ethyl adjacent to an activating group) is 1. The van der Waals surface area contributed by atoms with Gasteiger partial charge in [0.2, 0.25) is 11.7 Å². The van der Waals surface area contributed by atoms with Crippen molar-refractivity contribution in [3.8, 4) is 0 Å². The van der Waals surface area contributed by atoms with Gasteiger partial charge in [0.15, 0.2) is 0 Å². The van der Waals surface area contributed by atoms with Crippen LogP contribution in [-0.4, -0.2) is 29.3 Å². The molecule has 0 spiro atoms. The van der Waals surface area contributed by atoms with Gasteiger partial charge in [-0.1, -0.05) is 18.5 Å². The predicted molar refractivity (Wildman–Crippen MR) is 75.5 cm³/mol. The Morgan fingerprint density at radius 3 is 2.95 bits per heavy atom. The Morgan fingerprint density at radius 1 is 1.30 bits per heavy atom. The summed E-state index contributed by atoms with van der Waals surface area (Å²) in [5.74, 6) is 1.89. The lowest BCUT2D eigenvalue weighted by Gasteiger charge is -2.30. The number of rotatable bonds is 4. The van der Waals surface area contributed by atoms with Crippen LogP contribution in [-0.2, 0) is 10.3 Å². The largest absolute Gasteiger partial charge is 0.367 e. The van der Waals surface area contributed by atoms with E-state index in [-0.39, 0.29) is 5.60 Å². The Balaban J connectivity index is 1.76. The van der Waals surface area contributed by atoms with Crippen LogP contribution >= 0.6 is 0 Å². The molecule has 2 fully saturated rings. The van der Waals surface area contributed by atoms with Gasteiger partial charge in [0.25, 0.3) is 0 Å². The summed E-state index contributed by atoms with van der Waals surface area (Å²) in [6.45, 7) is 6.01. The van der Waals surface area contributed by atoms with Crippen LogP contribution in [0.3, 0.4) is 0 Å². The lowest BCUT2D eigenvalue weighted by atomic mass is 9.95. The maximum Gasteiger partial charge on any atom is 0.231 e. The minimum absolute atomic E-state index is 0.355. The molecule has 2 heterocycles. The van der Waals surface area contributed by atoms with Crippen LogP contribution < -0.4 is 5.32 Å². The van der Waals surface area contributed by atoms with Gasteiger partial charge < -0.3 is 14.6 Å². The van der Waals surface area contributed by atoms with E-state index in [0.717, 1.165) is 44.1 Å². The second-order valence-electron chi connectivity index (χ2n) is 6.19. The average molecular weight is 279 g/mol. The molecule has 1 aromatic rings. The van der Waals surface area contributed by atoms with Gasteiger partial charge >= 0.3 is 0 Å². The summed E-state index contributed by atoms with van der Waals surface area (Å²) in [6, 6.07) is 0.480. The van der Waals surface area contributed by atoms with E-state index in [9.17, 15) is 0 Å². The van der Waals surface area contributed by atoms with Crippen molar-refractivity contribution < 1.29 is 9.26 Å². The molecule has 0 radical (unpaired) electrons. The first kappa shape index (κ1) is 14.0. The first-order chi connectivity index (χ1) is 9.73. The van der Waals surface area contributed by atoms with Crippen LogP contribution in [0.5, 0.6) is 0 Å². The van der Waals surface area contributed by atoms with E-state index in [1.54, 1.807) is 0 Å². The number of ether oxygens (including phenoxy) is 1. The Kier molecular flexibility index (Phi) is 4.08. The maximum absolute atomic E-state index is 5.90. The molecule has 0 amide bonds. The lowest BCUT2D eigenvalue weighted by Crippen LogP contribution is -2.32. The summed E-state index contributed by atoms with van der Waals surface area (Å²) >= 11 is 0. The highest BCUT2D eigenvalue weighted by atomic mass is 16.5. The number of hydrogen-bond acceptors (Lipinski definition) is 5. The molecule has 2 aliphatic rings. The molecule has 3 rings (SSSR count). The van der Waals surface area contributed by atoms with E-state index < -0.39 is 0 Å². The van der Waals surface area contributed by atoms with Crippen molar-refractivity contribution in [3.05, 3.63) is 11.7 Å². The number of hydrogen-bond donors (Lipinski definition) is 1. The fourth-order valence-corrected chi connectivity index (χ4v) is 3.47. The molecule has 1 aliphatic carbocycles. The van der Waals surface area contributed by atoms with E-state index >= 15 is 0 Å². The van der Waals surface area contributed by atoms with Gasteiger partial charge in [-0.2, -0.15) is 4.98 Å². The minimum Gasteiger partial charge on any atom is -0.367 e. The van der Waals surface area contributed by atoms with Crippen LogP contribution in [0.2, 0.25) is 0 Å². The molecule has 1 saturated carbocycles. The normalized spacial score (nSPS) is 34.5. The van der Waals surface area contributed by atoms with Crippen molar-refractivity contribution in [1.82, 2.24) is 15.5 Å². The van der Waals surface area contributed by atoms with Crippen molar-refractivity contribution in [3.63, 3.8) is 0 Å². The zero-order chi connectivity index (χ0) is 14.0. The smallest absolute Gasteiger partial charge is 0.231 e. The van der Waals surface area contributed by atoms with Crippen molar-refractivity contribution in [2.24, 2.45) is 0 Å². The SMILES string of the molecule is CCNC1CCCC1c1nc(C2(C)CCCCO2)no1. The molecule has 0 bridgehead atoms. The third-order valence-electron chi connectivity index (χ3n) is 4.68. The quantitative estimate of drug-likeness (QED) is 0.918. The molecule has 1 aliphatic heterocycles. The van der Waals surface area contributed by atoms with Crippen LogP contribution in [0.4, 0.5) is 0 Å². The van der Waals surface area contributed by atoms with Crippen LogP contribution in [0.1, 0.15) is 70.0 Å². The highest BCUT2D eigenvalue weighted by Gasteiger charge is 2.38. The van der Waals surface area contributed by atoms with Gasteiger partial charge in [-0.3, -0.25) is 0 Å². The summed E-state index contributed by atoms with van der Waals surface area (Å²) in [4.78, 5) is 4.68. The Labute approximate surface area is 120 Å². The summed E-state index contributed by atoms with van der Waals surface area (Å²) in [5.41, 5.74) is -0.355. The predicted octanol–water partition coefficient (Wildman–Crippen LogP) is 2.73. The molecular formula is C15H25N3O2. The Bertz CT molecular complexity index is 440. The summed E-state index contributed by atoms with van der Waals surface area (Å²) in [7, 11) is 0. The van der Waals surface area contributed by atoms with E-state index in [0.29, 0.717) is 12.0 Å². The second kappa shape index (κ2) is 5.82. The van der Waals surface area contributed by atoms with Crippen molar-refractivity contribution in [2.75, 3.05) is 13.2 Å². The molecule has 5 heteroatoms. The highest BCUT2D eigenvalue weighted by molar-refractivity contribution is 5.07. The lowest BCUT2D eigenvalue weighted by molar-refractivity contribution is -0.0770. The van der Waals surface area contributed by atoms with Crippen molar-refractivity contribution in [1.29, 1.82) is 0 Å². The summed E-state index contributed by atoms with van der Waals surface area (Å²) in [5, 5.41) is 7.74. The second-order valence-corrected chi connectivity index (χ2v) is 6.19. The molecule has 0 aromatic carbocycles. The Morgan fingerprint density at radius 2 is 2.20 bits per heavy atom. The fourth-order valence-electron chi connectivity index (χ4n) is 3.47. The van der Waals surface area contributed by atoms with Gasteiger partial charge in [-0.05, 0) is 45.6 Å². The topological polar surface area (TPSA) is 60.2 Å². The molecule has 1 aromatic heterocycles. The monoisotopic (exact) mass is 279 g/mol. The average Bonchev–Trinajstić information content (AvgIpc) is 3.08. The number of aromatic nitrogens is 2. The van der Waals surface area contributed by atoms with Gasteiger partial charge in [0, 0.05) is 12.6 Å². The highest BCUT2D eigenvalue weighted by Crippen LogP contribution is 2.37. The number of nitrogens with zero attached hydrogens (tertiary/aromatic N) is 2. The fraction of sp³-hybridized carbons (Fsp3) is 0.867. The third-order valence-corrected chi connectivity index (χ3v) is 4.68. The van der Waals surface area contributed by atoms with Crippen LogP contribution in [0.25, 0.3) is 0 Å². The van der Waals surface area contributed by atoms with E-state index in [4.69, 9.17) is 9.26 Å². The molecule has 3 atom stereocenters. The zero-order valence-electron chi connectivity index (χ0n) is 12.5. The summed E-state index contributed by atoms with van der Waals surface area (Å²) < 4.78 is 11.5. The van der Waals surface area contributed by atoms with Crippen molar-refractivity contribution >= 4 is 0 Å². The van der Waals surface area contributed by atoms with Crippen molar-refractivity contribution in [2.45, 2.75) is 69.9 Å². The molecule has 1 saturated heterocycles. The van der Waals surface area contributed by atoms with Crippen LogP contribution in [0, 0.1) is 0 Å². The first-order valence-corrected chi connectivity index (χ1v) is 7.94. The molecule has 1 N–H and O–H groups in total. The van der Waals surface area contributed by atoms with Gasteiger partial charge in [-0.25, -0.2) is 0 Å². The molecule has 3 unspecified atom stereocenters.